The molecule has 8 heteroatoms. The number of anilines is 3. The maximum absolute atomic E-state index is 13.3. The summed E-state index contributed by atoms with van der Waals surface area (Å²) in [7, 11) is 3.76. The minimum atomic E-state index is -0.315. The summed E-state index contributed by atoms with van der Waals surface area (Å²) in [5.74, 6) is 0.302. The largest absolute Gasteiger partial charge is 0.360 e. The second kappa shape index (κ2) is 7.24. The minimum Gasteiger partial charge on any atom is -0.360 e. The van der Waals surface area contributed by atoms with E-state index in [2.05, 4.69) is 20.6 Å². The molecule has 2 N–H and O–H groups in total. The molecule has 4 aromatic rings. The molecule has 154 valence electrons. The highest BCUT2D eigenvalue weighted by Gasteiger charge is 2.25. The molecule has 0 aliphatic carbocycles. The highest BCUT2D eigenvalue weighted by atomic mass is 16.2. The van der Waals surface area contributed by atoms with Gasteiger partial charge in [0.2, 0.25) is 5.91 Å². The van der Waals surface area contributed by atoms with Crippen LogP contribution in [-0.2, 0) is 11.2 Å². The Morgan fingerprint density at radius 2 is 1.97 bits per heavy atom. The van der Waals surface area contributed by atoms with E-state index in [9.17, 15) is 9.59 Å². The summed E-state index contributed by atoms with van der Waals surface area (Å²) in [5, 5.41) is 5.77. The molecule has 5 rings (SSSR count). The van der Waals surface area contributed by atoms with Gasteiger partial charge in [0.15, 0.2) is 17.2 Å². The third-order valence-electron chi connectivity index (χ3n) is 5.20. The van der Waals surface area contributed by atoms with E-state index in [1.54, 1.807) is 12.4 Å². The molecular weight excluding hydrogens is 392 g/mol. The number of hydrogen-bond acceptors (Lipinski definition) is 5. The second-order valence-electron chi connectivity index (χ2n) is 7.56. The summed E-state index contributed by atoms with van der Waals surface area (Å²) in [4.78, 5) is 36.0. The lowest BCUT2D eigenvalue weighted by atomic mass is 10.0. The zero-order valence-corrected chi connectivity index (χ0v) is 17.1. The number of carbonyl (C=O) groups is 2. The van der Waals surface area contributed by atoms with Gasteiger partial charge in [-0.15, -0.1) is 0 Å². The Bertz CT molecular complexity index is 1330. The Balaban J connectivity index is 1.69. The van der Waals surface area contributed by atoms with Gasteiger partial charge >= 0.3 is 0 Å². The smallest absolute Gasteiger partial charge is 0.276 e. The van der Waals surface area contributed by atoms with Crippen LogP contribution >= 0.6 is 0 Å². The molecule has 0 unspecified atom stereocenters. The van der Waals surface area contributed by atoms with Gasteiger partial charge in [0.1, 0.15) is 0 Å². The van der Waals surface area contributed by atoms with E-state index in [0.717, 1.165) is 16.8 Å². The summed E-state index contributed by atoms with van der Waals surface area (Å²) < 4.78 is 1.87. The number of fused-ring (bicyclic) bond motifs is 2. The molecule has 8 nitrogen and oxygen atoms in total. The normalized spacial score (nSPS) is 12.5. The number of rotatable bonds is 4. The van der Waals surface area contributed by atoms with Gasteiger partial charge in [0, 0.05) is 43.4 Å². The van der Waals surface area contributed by atoms with E-state index in [1.807, 2.05) is 71.9 Å². The minimum absolute atomic E-state index is 0.0357. The van der Waals surface area contributed by atoms with Gasteiger partial charge in [-0.2, -0.15) is 0 Å². The van der Waals surface area contributed by atoms with Crippen molar-refractivity contribution in [3.8, 4) is 11.3 Å². The molecule has 31 heavy (non-hydrogen) atoms. The summed E-state index contributed by atoms with van der Waals surface area (Å²) >= 11 is 0. The quantitative estimate of drug-likeness (QED) is 0.537. The van der Waals surface area contributed by atoms with Crippen molar-refractivity contribution in [1.29, 1.82) is 0 Å². The van der Waals surface area contributed by atoms with E-state index in [1.165, 1.54) is 0 Å². The number of hydrogen-bond donors (Lipinski definition) is 2. The van der Waals surface area contributed by atoms with Crippen LogP contribution in [-0.4, -0.2) is 40.3 Å². The van der Waals surface area contributed by atoms with Crippen LogP contribution in [0.1, 0.15) is 16.1 Å². The van der Waals surface area contributed by atoms with Gasteiger partial charge in [0.25, 0.3) is 5.91 Å². The number of nitrogens with zero attached hydrogens (tertiary/aromatic N) is 4. The molecule has 2 amide bonds. The first kappa shape index (κ1) is 18.8. The number of benzene rings is 2. The molecular formula is C23H20N6O2. The molecule has 0 bridgehead atoms. The summed E-state index contributed by atoms with van der Waals surface area (Å²) in [6, 6.07) is 15.0. The predicted molar refractivity (Wildman–Crippen MR) is 119 cm³/mol. The Morgan fingerprint density at radius 1 is 1.16 bits per heavy atom. The number of aromatic nitrogens is 3. The number of carbonyl (C=O) groups excluding carboxylic acids is 2. The lowest BCUT2D eigenvalue weighted by Crippen LogP contribution is -2.13. The maximum atomic E-state index is 13.3. The van der Waals surface area contributed by atoms with Crippen LogP contribution in [0.2, 0.25) is 0 Å². The van der Waals surface area contributed by atoms with Crippen molar-refractivity contribution in [3.63, 3.8) is 0 Å². The Hall–Kier alpha value is -4.20. The fourth-order valence-corrected chi connectivity index (χ4v) is 3.80. The Kier molecular flexibility index (Phi) is 4.39. The van der Waals surface area contributed by atoms with Gasteiger partial charge < -0.3 is 15.5 Å². The molecule has 2 aromatic heterocycles. The SMILES string of the molecule is CN(C)c1nccn2c(-c3ccc4c(c3)CC(=O)N4)c(C(=O)Nc3ccccc3)nc12. The lowest BCUT2D eigenvalue weighted by Gasteiger charge is -2.12. The lowest BCUT2D eigenvalue weighted by molar-refractivity contribution is -0.115. The topological polar surface area (TPSA) is 91.6 Å². The fourth-order valence-electron chi connectivity index (χ4n) is 3.80. The first-order valence-corrected chi connectivity index (χ1v) is 9.85. The number of amides is 2. The third kappa shape index (κ3) is 3.28. The van der Waals surface area contributed by atoms with E-state index >= 15 is 0 Å². The zero-order valence-electron chi connectivity index (χ0n) is 17.1. The van der Waals surface area contributed by atoms with Gasteiger partial charge in [0.05, 0.1) is 12.1 Å². The first-order chi connectivity index (χ1) is 15.0. The van der Waals surface area contributed by atoms with Crippen molar-refractivity contribution in [2.24, 2.45) is 0 Å². The summed E-state index contributed by atoms with van der Waals surface area (Å²) in [5.41, 5.74) is 4.70. The molecule has 0 saturated heterocycles. The van der Waals surface area contributed by atoms with Crippen LogP contribution in [0, 0.1) is 0 Å². The first-order valence-electron chi connectivity index (χ1n) is 9.85. The molecule has 0 atom stereocenters. The van der Waals surface area contributed by atoms with Crippen molar-refractivity contribution in [1.82, 2.24) is 14.4 Å². The van der Waals surface area contributed by atoms with Crippen molar-refractivity contribution >= 4 is 34.7 Å². The molecule has 0 fully saturated rings. The summed E-state index contributed by atoms with van der Waals surface area (Å²) in [6.45, 7) is 0. The van der Waals surface area contributed by atoms with E-state index < -0.39 is 0 Å². The summed E-state index contributed by atoms with van der Waals surface area (Å²) in [6.07, 6.45) is 3.79. The van der Waals surface area contributed by atoms with Crippen molar-refractivity contribution in [2.75, 3.05) is 29.6 Å². The van der Waals surface area contributed by atoms with Crippen molar-refractivity contribution in [3.05, 3.63) is 72.2 Å². The average molecular weight is 412 g/mol. The average Bonchev–Trinajstić information content (AvgIpc) is 3.33. The van der Waals surface area contributed by atoms with Crippen LogP contribution in [0.3, 0.4) is 0 Å². The molecule has 2 aromatic carbocycles. The van der Waals surface area contributed by atoms with Crippen LogP contribution in [0.4, 0.5) is 17.2 Å². The van der Waals surface area contributed by atoms with Crippen molar-refractivity contribution in [2.45, 2.75) is 6.42 Å². The van der Waals surface area contributed by atoms with Gasteiger partial charge in [-0.1, -0.05) is 24.3 Å². The van der Waals surface area contributed by atoms with Crippen LogP contribution in [0.25, 0.3) is 16.9 Å². The number of para-hydroxylation sites is 1. The van der Waals surface area contributed by atoms with Gasteiger partial charge in [-0.3, -0.25) is 14.0 Å². The van der Waals surface area contributed by atoms with Gasteiger partial charge in [-0.05, 0) is 29.8 Å². The highest BCUT2D eigenvalue weighted by molar-refractivity contribution is 6.08. The van der Waals surface area contributed by atoms with Crippen LogP contribution in [0.5, 0.6) is 0 Å². The molecule has 0 saturated carbocycles. The fraction of sp³-hybridized carbons (Fsp3) is 0.130. The Labute approximate surface area is 178 Å². The van der Waals surface area contributed by atoms with Crippen LogP contribution in [0.15, 0.2) is 60.9 Å². The zero-order chi connectivity index (χ0) is 21.5. The molecule has 0 radical (unpaired) electrons. The monoisotopic (exact) mass is 412 g/mol. The molecule has 3 heterocycles. The number of imidazole rings is 1. The predicted octanol–water partition coefficient (Wildman–Crippen LogP) is 3.21. The molecule has 1 aliphatic rings. The van der Waals surface area contributed by atoms with E-state index in [0.29, 0.717) is 29.3 Å². The van der Waals surface area contributed by atoms with Crippen molar-refractivity contribution < 1.29 is 9.59 Å². The number of nitrogens with one attached hydrogen (secondary N) is 2. The molecule has 1 aliphatic heterocycles. The standard InChI is InChI=1S/C23H20N6O2/c1-28(2)21-22-27-19(23(31)25-16-6-4-3-5-7-16)20(29(22)11-10-24-21)14-8-9-17-15(12-14)13-18(30)26-17/h3-12H,13H2,1-2H3,(H,25,31)(H,26,30). The maximum Gasteiger partial charge on any atom is 0.276 e. The van der Waals surface area contributed by atoms with E-state index in [4.69, 9.17) is 0 Å². The highest BCUT2D eigenvalue weighted by Crippen LogP contribution is 2.33. The Morgan fingerprint density at radius 3 is 2.74 bits per heavy atom. The van der Waals surface area contributed by atoms with Gasteiger partial charge in [-0.25, -0.2) is 9.97 Å². The molecule has 0 spiro atoms. The second-order valence-corrected chi connectivity index (χ2v) is 7.56. The van der Waals surface area contributed by atoms with E-state index in [-0.39, 0.29) is 17.5 Å². The third-order valence-corrected chi connectivity index (χ3v) is 5.20. The van der Waals surface area contributed by atoms with Crippen LogP contribution < -0.4 is 15.5 Å².